The van der Waals surface area contributed by atoms with E-state index >= 15 is 0 Å². The molecule has 1 unspecified atom stereocenters. The Bertz CT molecular complexity index is 696. The lowest BCUT2D eigenvalue weighted by atomic mass is 10.2. The van der Waals surface area contributed by atoms with Gasteiger partial charge in [-0.05, 0) is 24.6 Å². The van der Waals surface area contributed by atoms with Gasteiger partial charge in [0.1, 0.15) is 4.91 Å². The van der Waals surface area contributed by atoms with Gasteiger partial charge in [-0.1, -0.05) is 59.6 Å². The third-order valence-corrected chi connectivity index (χ3v) is 4.76. The summed E-state index contributed by atoms with van der Waals surface area (Å²) in [5, 5.41) is 2.70. The normalized spacial score (nSPS) is 12.7. The summed E-state index contributed by atoms with van der Waals surface area (Å²) in [5.41, 5.74) is 3.71. The van der Waals surface area contributed by atoms with E-state index in [1.54, 1.807) is 12.1 Å². The van der Waals surface area contributed by atoms with Crippen LogP contribution >= 0.6 is 11.6 Å². The SMILES string of the molecule is Cc1ccc(NC(=O)/C(=C\Cl)S(=O)Cc2ccccc2)cc1. The number of rotatable bonds is 5. The number of anilines is 1. The monoisotopic (exact) mass is 333 g/mol. The van der Waals surface area contributed by atoms with Gasteiger partial charge in [-0.3, -0.25) is 9.00 Å². The predicted molar refractivity (Wildman–Crippen MR) is 92.0 cm³/mol. The molecule has 2 aromatic carbocycles. The summed E-state index contributed by atoms with van der Waals surface area (Å²) in [6.45, 7) is 1.96. The van der Waals surface area contributed by atoms with Crippen molar-refractivity contribution < 1.29 is 9.00 Å². The zero-order valence-corrected chi connectivity index (χ0v) is 13.7. The van der Waals surface area contributed by atoms with E-state index in [1.165, 1.54) is 0 Å². The fourth-order valence-corrected chi connectivity index (χ4v) is 3.24. The molecule has 0 bridgehead atoms. The van der Waals surface area contributed by atoms with Crippen LogP contribution < -0.4 is 5.32 Å². The van der Waals surface area contributed by atoms with Crippen LogP contribution in [0.15, 0.2) is 65.0 Å². The first-order valence-corrected chi connectivity index (χ1v) is 8.46. The van der Waals surface area contributed by atoms with E-state index in [4.69, 9.17) is 11.6 Å². The van der Waals surface area contributed by atoms with Crippen molar-refractivity contribution in [3.8, 4) is 0 Å². The van der Waals surface area contributed by atoms with Crippen molar-refractivity contribution in [2.45, 2.75) is 12.7 Å². The maximum absolute atomic E-state index is 12.3. The predicted octanol–water partition coefficient (Wildman–Crippen LogP) is 3.96. The van der Waals surface area contributed by atoms with Crippen LogP contribution in [0, 0.1) is 6.92 Å². The molecule has 0 aliphatic heterocycles. The van der Waals surface area contributed by atoms with E-state index in [1.807, 2.05) is 49.4 Å². The van der Waals surface area contributed by atoms with Gasteiger partial charge >= 0.3 is 0 Å². The number of aryl methyl sites for hydroxylation is 1. The molecule has 0 spiro atoms. The number of carbonyl (C=O) groups is 1. The summed E-state index contributed by atoms with van der Waals surface area (Å²) in [4.78, 5) is 12.3. The second kappa shape index (κ2) is 7.92. The summed E-state index contributed by atoms with van der Waals surface area (Å²) < 4.78 is 12.3. The molecular weight excluding hydrogens is 318 g/mol. The highest BCUT2D eigenvalue weighted by molar-refractivity contribution is 7.89. The van der Waals surface area contributed by atoms with Crippen LogP contribution in [0.3, 0.4) is 0 Å². The molecule has 22 heavy (non-hydrogen) atoms. The molecule has 0 aromatic heterocycles. The minimum atomic E-state index is -1.50. The van der Waals surface area contributed by atoms with Crippen molar-refractivity contribution in [1.82, 2.24) is 0 Å². The van der Waals surface area contributed by atoms with Gasteiger partial charge in [0.25, 0.3) is 5.91 Å². The average Bonchev–Trinajstić information content (AvgIpc) is 2.51. The highest BCUT2D eigenvalue weighted by Gasteiger charge is 2.17. The third kappa shape index (κ3) is 4.55. The van der Waals surface area contributed by atoms with Gasteiger partial charge in [-0.2, -0.15) is 0 Å². The number of hydrogen-bond donors (Lipinski definition) is 1. The largest absolute Gasteiger partial charge is 0.321 e. The van der Waals surface area contributed by atoms with Crippen LogP contribution in [0.2, 0.25) is 0 Å². The van der Waals surface area contributed by atoms with Gasteiger partial charge in [0, 0.05) is 11.2 Å². The summed E-state index contributed by atoms with van der Waals surface area (Å²) in [7, 11) is -1.50. The van der Waals surface area contributed by atoms with Gasteiger partial charge in [0.05, 0.1) is 16.6 Å². The first-order valence-electron chi connectivity index (χ1n) is 6.71. The average molecular weight is 334 g/mol. The Balaban J connectivity index is 2.05. The number of benzene rings is 2. The molecule has 1 atom stereocenters. The van der Waals surface area contributed by atoms with Gasteiger partial charge in [-0.25, -0.2) is 0 Å². The summed E-state index contributed by atoms with van der Waals surface area (Å²) in [6.07, 6.45) is 0. The quantitative estimate of drug-likeness (QED) is 0.842. The molecule has 0 saturated carbocycles. The maximum atomic E-state index is 12.3. The van der Waals surface area contributed by atoms with Gasteiger partial charge in [-0.15, -0.1) is 0 Å². The smallest absolute Gasteiger partial charge is 0.265 e. The van der Waals surface area contributed by atoms with E-state index in [-0.39, 0.29) is 10.7 Å². The molecule has 0 aliphatic carbocycles. The standard InChI is InChI=1S/C17H16ClNO2S/c1-13-7-9-15(10-8-13)19-17(20)16(11-18)22(21)12-14-5-3-2-4-6-14/h2-11H,12H2,1H3,(H,19,20)/b16-11+. The molecule has 2 rings (SSSR count). The molecular formula is C17H16ClNO2S. The third-order valence-electron chi connectivity index (χ3n) is 3.02. The Morgan fingerprint density at radius 1 is 1.14 bits per heavy atom. The number of hydrogen-bond acceptors (Lipinski definition) is 2. The van der Waals surface area contributed by atoms with Crippen molar-refractivity contribution in [2.75, 3.05) is 5.32 Å². The fourth-order valence-electron chi connectivity index (χ4n) is 1.84. The van der Waals surface area contributed by atoms with E-state index in [0.717, 1.165) is 16.7 Å². The van der Waals surface area contributed by atoms with Crippen molar-refractivity contribution in [2.24, 2.45) is 0 Å². The molecule has 1 N–H and O–H groups in total. The van der Waals surface area contributed by atoms with Crippen molar-refractivity contribution in [1.29, 1.82) is 0 Å². The molecule has 0 aliphatic rings. The molecule has 0 heterocycles. The fraction of sp³-hybridized carbons (Fsp3) is 0.118. The van der Waals surface area contributed by atoms with Crippen LogP contribution in [0.25, 0.3) is 0 Å². The minimum absolute atomic E-state index is 0.0612. The summed E-state index contributed by atoms with van der Waals surface area (Å²) in [6, 6.07) is 16.7. The highest BCUT2D eigenvalue weighted by atomic mass is 35.5. The molecule has 1 amide bonds. The highest BCUT2D eigenvalue weighted by Crippen LogP contribution is 2.15. The molecule has 114 valence electrons. The lowest BCUT2D eigenvalue weighted by Gasteiger charge is -2.08. The lowest BCUT2D eigenvalue weighted by Crippen LogP contribution is -2.18. The van der Waals surface area contributed by atoms with Crippen molar-refractivity contribution >= 4 is 34.0 Å². The molecule has 0 fully saturated rings. The van der Waals surface area contributed by atoms with Crippen LogP contribution in [0.1, 0.15) is 11.1 Å². The van der Waals surface area contributed by atoms with E-state index in [9.17, 15) is 9.00 Å². The van der Waals surface area contributed by atoms with Gasteiger partial charge in [0.2, 0.25) is 0 Å². The Kier molecular flexibility index (Phi) is 5.92. The Morgan fingerprint density at radius 2 is 1.77 bits per heavy atom. The Hall–Kier alpha value is -1.91. The zero-order valence-electron chi connectivity index (χ0n) is 12.1. The molecule has 0 radical (unpaired) electrons. The number of carbonyl (C=O) groups excluding carboxylic acids is 1. The van der Waals surface area contributed by atoms with Gasteiger partial charge < -0.3 is 5.32 Å². The van der Waals surface area contributed by atoms with Crippen LogP contribution in [0.5, 0.6) is 0 Å². The second-order valence-corrected chi connectivity index (χ2v) is 6.41. The van der Waals surface area contributed by atoms with Gasteiger partial charge in [0.15, 0.2) is 0 Å². The van der Waals surface area contributed by atoms with Crippen LogP contribution in [-0.2, 0) is 21.3 Å². The first kappa shape index (κ1) is 16.5. The van der Waals surface area contributed by atoms with Crippen molar-refractivity contribution in [3.05, 3.63) is 76.2 Å². The molecule has 2 aromatic rings. The molecule has 0 saturated heterocycles. The number of halogens is 1. The summed E-state index contributed by atoms with van der Waals surface area (Å²) in [5.74, 6) is -0.200. The maximum Gasteiger partial charge on any atom is 0.265 e. The van der Waals surface area contributed by atoms with E-state index < -0.39 is 16.7 Å². The van der Waals surface area contributed by atoms with E-state index in [2.05, 4.69) is 5.32 Å². The minimum Gasteiger partial charge on any atom is -0.321 e. The van der Waals surface area contributed by atoms with Crippen LogP contribution in [0.4, 0.5) is 5.69 Å². The lowest BCUT2D eigenvalue weighted by molar-refractivity contribution is -0.112. The number of nitrogens with one attached hydrogen (secondary N) is 1. The van der Waals surface area contributed by atoms with Crippen molar-refractivity contribution in [3.63, 3.8) is 0 Å². The van der Waals surface area contributed by atoms with Crippen LogP contribution in [-0.4, -0.2) is 10.1 Å². The first-order chi connectivity index (χ1) is 10.6. The molecule has 3 nitrogen and oxygen atoms in total. The summed E-state index contributed by atoms with van der Waals surface area (Å²) >= 11 is 5.70. The Labute approximate surface area is 137 Å². The number of amides is 1. The molecule has 5 heteroatoms. The van der Waals surface area contributed by atoms with E-state index in [0.29, 0.717) is 5.69 Å². The topological polar surface area (TPSA) is 46.2 Å². The Morgan fingerprint density at radius 3 is 2.36 bits per heavy atom. The second-order valence-electron chi connectivity index (χ2n) is 4.77. The zero-order chi connectivity index (χ0) is 15.9.